The molecule has 15 rings (SSSR count). The minimum absolute atomic E-state index is 0.554. The fourth-order valence-corrected chi connectivity index (χ4v) is 12.1. The van der Waals surface area contributed by atoms with Gasteiger partial charge in [0, 0.05) is 49.7 Å². The maximum atomic E-state index is 7.08. The lowest BCUT2D eigenvalue weighted by Gasteiger charge is -2.32. The third-order valence-corrected chi connectivity index (χ3v) is 15.1. The van der Waals surface area contributed by atoms with Crippen LogP contribution >= 0.6 is 0 Å². The minimum atomic E-state index is -0.554. The molecule has 3 nitrogen and oxygen atoms in total. The summed E-state index contributed by atoms with van der Waals surface area (Å²) in [5, 5.41) is 4.49. The van der Waals surface area contributed by atoms with Gasteiger partial charge in [-0.1, -0.05) is 194 Å². The van der Waals surface area contributed by atoms with E-state index in [1.54, 1.807) is 0 Å². The van der Waals surface area contributed by atoms with Gasteiger partial charge in [0.25, 0.3) is 0 Å². The van der Waals surface area contributed by atoms with Crippen LogP contribution in [0.15, 0.2) is 258 Å². The molecule has 13 aromatic rings. The molecule has 1 spiro atoms. The molecule has 3 heteroatoms. The van der Waals surface area contributed by atoms with Gasteiger partial charge in [-0.3, -0.25) is 0 Å². The zero-order chi connectivity index (χ0) is 45.9. The molecule has 2 aliphatic carbocycles. The van der Waals surface area contributed by atoms with Gasteiger partial charge in [-0.25, -0.2) is 0 Å². The first-order valence-electron chi connectivity index (χ1n) is 24.1. The van der Waals surface area contributed by atoms with Gasteiger partial charge in [-0.05, 0) is 121 Å². The fraction of sp³-hybridized carbons (Fsp3) is 0.0149. The normalized spacial score (nSPS) is 13.0. The van der Waals surface area contributed by atoms with Crippen molar-refractivity contribution in [3.63, 3.8) is 0 Å². The van der Waals surface area contributed by atoms with E-state index in [9.17, 15) is 0 Å². The number of furan rings is 2. The Balaban J connectivity index is 0.927. The minimum Gasteiger partial charge on any atom is -0.455 e. The Kier molecular flexibility index (Phi) is 8.28. The summed E-state index contributed by atoms with van der Waals surface area (Å²) in [7, 11) is 0. The number of anilines is 3. The lowest BCUT2D eigenvalue weighted by atomic mass is 9.68. The highest BCUT2D eigenvalue weighted by atomic mass is 16.3. The monoisotopic (exact) mass is 891 g/mol. The highest BCUT2D eigenvalue weighted by Gasteiger charge is 2.53. The number of hydrogen-bond donors (Lipinski definition) is 0. The van der Waals surface area contributed by atoms with E-state index < -0.39 is 5.41 Å². The van der Waals surface area contributed by atoms with Crippen LogP contribution in [0, 0.1) is 0 Å². The Bertz CT molecular complexity index is 4170. The summed E-state index contributed by atoms with van der Waals surface area (Å²) in [5.74, 6) is 0. The Morgan fingerprint density at radius 2 is 0.714 bits per heavy atom. The van der Waals surface area contributed by atoms with Gasteiger partial charge in [-0.2, -0.15) is 0 Å². The second-order valence-electron chi connectivity index (χ2n) is 18.7. The van der Waals surface area contributed by atoms with E-state index in [0.29, 0.717) is 0 Å². The number of rotatable bonds is 6. The van der Waals surface area contributed by atoms with Crippen molar-refractivity contribution in [2.75, 3.05) is 4.90 Å². The van der Waals surface area contributed by atoms with Gasteiger partial charge in [0.2, 0.25) is 0 Å². The lowest BCUT2D eigenvalue weighted by Crippen LogP contribution is -2.26. The molecular weight excluding hydrogens is 851 g/mol. The maximum absolute atomic E-state index is 7.08. The first kappa shape index (κ1) is 38.9. The number of para-hydroxylation sites is 3. The largest absolute Gasteiger partial charge is 0.455 e. The Morgan fingerprint density at radius 1 is 0.286 bits per heavy atom. The highest BCUT2D eigenvalue weighted by molar-refractivity contribution is 6.15. The fourth-order valence-electron chi connectivity index (χ4n) is 12.1. The van der Waals surface area contributed by atoms with Crippen molar-refractivity contribution in [1.82, 2.24) is 0 Å². The molecule has 0 radical (unpaired) electrons. The van der Waals surface area contributed by atoms with E-state index in [4.69, 9.17) is 8.83 Å². The van der Waals surface area contributed by atoms with Crippen LogP contribution < -0.4 is 4.90 Å². The highest BCUT2D eigenvalue weighted by Crippen LogP contribution is 2.65. The standard InChI is InChI=1S/C67H41NO2/c1-2-15-42(16-3-1)43-29-35-46(36-30-43)68(47-37-31-44(32-38-47)49-22-14-23-55-53-20-7-12-27-61(53)69-65(49)55)48-39-33-45(34-40-48)63-64-56(41-57-54-21-8-13-28-62(54)70-66(57)63)52-19-6-11-26-60(52)67(64)58-24-9-4-17-50(58)51-18-5-10-25-59(51)67/h1-41H. The number of nitrogens with zero attached hydrogens (tertiary/aromatic N) is 1. The van der Waals surface area contributed by atoms with Crippen LogP contribution in [0.1, 0.15) is 22.3 Å². The van der Waals surface area contributed by atoms with Crippen LogP contribution in [-0.4, -0.2) is 0 Å². The number of hydrogen-bond acceptors (Lipinski definition) is 3. The summed E-state index contributed by atoms with van der Waals surface area (Å²) in [6, 6.07) is 90.3. The van der Waals surface area contributed by atoms with Crippen LogP contribution in [-0.2, 0) is 5.41 Å². The molecule has 2 aliphatic rings. The van der Waals surface area contributed by atoms with Crippen molar-refractivity contribution in [3.8, 4) is 55.6 Å². The molecule has 0 aliphatic heterocycles. The van der Waals surface area contributed by atoms with E-state index >= 15 is 0 Å². The van der Waals surface area contributed by atoms with Crippen molar-refractivity contribution in [1.29, 1.82) is 0 Å². The van der Waals surface area contributed by atoms with Gasteiger partial charge in [-0.15, -0.1) is 0 Å². The number of fused-ring (bicyclic) bond motifs is 16. The van der Waals surface area contributed by atoms with Crippen molar-refractivity contribution < 1.29 is 8.83 Å². The van der Waals surface area contributed by atoms with Gasteiger partial charge < -0.3 is 13.7 Å². The zero-order valence-corrected chi connectivity index (χ0v) is 37.9. The van der Waals surface area contributed by atoms with E-state index in [-0.39, 0.29) is 0 Å². The molecule has 0 bridgehead atoms. The molecule has 0 saturated carbocycles. The molecule has 0 fully saturated rings. The average Bonchev–Trinajstić information content (AvgIpc) is 4.17. The Morgan fingerprint density at radius 3 is 1.31 bits per heavy atom. The summed E-state index contributed by atoms with van der Waals surface area (Å²) in [6.07, 6.45) is 0. The molecule has 326 valence electrons. The quantitative estimate of drug-likeness (QED) is 0.167. The summed E-state index contributed by atoms with van der Waals surface area (Å²) in [5.41, 5.74) is 23.2. The van der Waals surface area contributed by atoms with Crippen LogP contribution in [0.4, 0.5) is 17.1 Å². The van der Waals surface area contributed by atoms with Crippen molar-refractivity contribution in [3.05, 3.63) is 271 Å². The molecule has 0 N–H and O–H groups in total. The van der Waals surface area contributed by atoms with Crippen LogP contribution in [0.5, 0.6) is 0 Å². The second kappa shape index (κ2) is 14.9. The third-order valence-electron chi connectivity index (χ3n) is 15.1. The Labute approximate surface area is 404 Å². The molecule has 2 aromatic heterocycles. The van der Waals surface area contributed by atoms with E-state index in [0.717, 1.165) is 83.2 Å². The van der Waals surface area contributed by atoms with Gasteiger partial charge >= 0.3 is 0 Å². The van der Waals surface area contributed by atoms with E-state index in [1.165, 1.54) is 55.6 Å². The first-order chi connectivity index (χ1) is 34.7. The van der Waals surface area contributed by atoms with E-state index in [1.807, 2.05) is 12.1 Å². The SMILES string of the molecule is c1ccc(-c2ccc(N(c3ccc(-c4cccc5c4oc4ccccc45)cc3)c3ccc(-c4c5c(cc6c4oc4ccccc46)-c4ccccc4C54c5ccccc5-c5ccccc54)cc3)cc2)cc1. The predicted molar refractivity (Wildman–Crippen MR) is 288 cm³/mol. The van der Waals surface area contributed by atoms with Crippen LogP contribution in [0.25, 0.3) is 99.5 Å². The van der Waals surface area contributed by atoms with E-state index in [2.05, 4.69) is 241 Å². The predicted octanol–water partition coefficient (Wildman–Crippen LogP) is 18.3. The molecule has 0 atom stereocenters. The smallest absolute Gasteiger partial charge is 0.143 e. The van der Waals surface area contributed by atoms with Gasteiger partial charge in [0.15, 0.2) is 0 Å². The lowest BCUT2D eigenvalue weighted by molar-refractivity contribution is 0.668. The molecule has 0 saturated heterocycles. The van der Waals surface area contributed by atoms with Gasteiger partial charge in [0.05, 0.1) is 5.41 Å². The van der Waals surface area contributed by atoms with Gasteiger partial charge in [0.1, 0.15) is 22.3 Å². The van der Waals surface area contributed by atoms with Crippen molar-refractivity contribution in [2.24, 2.45) is 0 Å². The Hall–Kier alpha value is -9.18. The molecular formula is C67H41NO2. The molecule has 11 aromatic carbocycles. The summed E-state index contributed by atoms with van der Waals surface area (Å²) >= 11 is 0. The maximum Gasteiger partial charge on any atom is 0.143 e. The molecule has 0 unspecified atom stereocenters. The molecule has 70 heavy (non-hydrogen) atoms. The average molecular weight is 892 g/mol. The topological polar surface area (TPSA) is 29.5 Å². The summed E-state index contributed by atoms with van der Waals surface area (Å²) in [4.78, 5) is 2.36. The van der Waals surface area contributed by atoms with Crippen LogP contribution in [0.3, 0.4) is 0 Å². The zero-order valence-electron chi connectivity index (χ0n) is 37.9. The number of benzene rings is 11. The molecule has 0 amide bonds. The van der Waals surface area contributed by atoms with Crippen LogP contribution in [0.2, 0.25) is 0 Å². The molecule has 2 heterocycles. The summed E-state index contributed by atoms with van der Waals surface area (Å²) in [6.45, 7) is 0. The first-order valence-corrected chi connectivity index (χ1v) is 24.1. The summed E-state index contributed by atoms with van der Waals surface area (Å²) < 4.78 is 13.6. The van der Waals surface area contributed by atoms with Crippen molar-refractivity contribution in [2.45, 2.75) is 5.41 Å². The van der Waals surface area contributed by atoms with Crippen molar-refractivity contribution >= 4 is 60.9 Å². The second-order valence-corrected chi connectivity index (χ2v) is 18.7. The third kappa shape index (κ3) is 5.46.